The third-order valence-electron chi connectivity index (χ3n) is 9.43. The quantitative estimate of drug-likeness (QED) is 0.494. The highest BCUT2D eigenvalue weighted by atomic mass is 35.5. The van der Waals surface area contributed by atoms with E-state index in [1.165, 1.54) is 4.90 Å². The van der Waals surface area contributed by atoms with Crippen LogP contribution in [0.4, 0.5) is 15.9 Å². The number of carbonyl (C=O) groups is 2. The van der Waals surface area contributed by atoms with Gasteiger partial charge in [0.2, 0.25) is 5.91 Å². The van der Waals surface area contributed by atoms with Crippen LogP contribution in [0.25, 0.3) is 0 Å². The highest BCUT2D eigenvalue weighted by Gasteiger charge is 2.49. The largest absolute Gasteiger partial charge is 0.462 e. The van der Waals surface area contributed by atoms with Gasteiger partial charge >= 0.3 is 6.01 Å². The number of nitrogens with one attached hydrogen (secondary N) is 1. The summed E-state index contributed by atoms with van der Waals surface area (Å²) >= 11 is 6.58. The smallest absolute Gasteiger partial charge is 0.318 e. The third kappa shape index (κ3) is 5.31. The van der Waals surface area contributed by atoms with Crippen LogP contribution in [0.2, 0.25) is 5.02 Å². The maximum atomic E-state index is 14.0. The number of ether oxygens (including phenoxy) is 1. The summed E-state index contributed by atoms with van der Waals surface area (Å²) in [5, 5.41) is 13.3. The summed E-state index contributed by atoms with van der Waals surface area (Å²) in [5.74, 6) is -1.54. The molecule has 0 radical (unpaired) electrons. The highest BCUT2D eigenvalue weighted by molar-refractivity contribution is 6.31. The van der Waals surface area contributed by atoms with Crippen molar-refractivity contribution in [2.75, 3.05) is 50.1 Å². The predicted molar refractivity (Wildman–Crippen MR) is 160 cm³/mol. The minimum absolute atomic E-state index is 0.00712. The molecule has 0 bridgehead atoms. The molecule has 1 aliphatic carbocycles. The number of hydrogen-bond donors (Lipinski definition) is 1. The molecule has 12 heteroatoms. The first-order valence-corrected chi connectivity index (χ1v) is 15.2. The number of likely N-dealkylation sites (N-methyl/N-ethyl adjacent to an activating group) is 1. The molecule has 2 saturated heterocycles. The summed E-state index contributed by atoms with van der Waals surface area (Å²) in [7, 11) is 2.08. The number of hydrogen-bond acceptors (Lipinski definition) is 8. The topological polar surface area (TPSA) is 115 Å². The lowest BCUT2D eigenvalue weighted by Crippen LogP contribution is -2.56. The van der Waals surface area contributed by atoms with E-state index in [4.69, 9.17) is 26.3 Å². The zero-order valence-electron chi connectivity index (χ0n) is 24.2. The minimum Gasteiger partial charge on any atom is -0.462 e. The molecule has 1 aromatic carbocycles. The first kappa shape index (κ1) is 29.3. The van der Waals surface area contributed by atoms with Crippen molar-refractivity contribution < 1.29 is 18.7 Å². The van der Waals surface area contributed by atoms with Gasteiger partial charge in [0.15, 0.2) is 11.6 Å². The number of likely N-dealkylation sites (tertiary alicyclic amines) is 1. The summed E-state index contributed by atoms with van der Waals surface area (Å²) in [6.45, 7) is 5.30. The second-order valence-electron chi connectivity index (χ2n) is 11.9. The molecule has 0 saturated carbocycles. The van der Waals surface area contributed by atoms with Crippen molar-refractivity contribution in [3.05, 3.63) is 52.4 Å². The van der Waals surface area contributed by atoms with Crippen LogP contribution in [0.15, 0.2) is 30.6 Å². The molecule has 1 aromatic heterocycles. The van der Waals surface area contributed by atoms with Crippen LogP contribution in [0.5, 0.6) is 6.01 Å². The normalized spacial score (nSPS) is 25.1. The molecule has 10 nitrogen and oxygen atoms in total. The van der Waals surface area contributed by atoms with Crippen LogP contribution >= 0.6 is 11.6 Å². The van der Waals surface area contributed by atoms with Gasteiger partial charge < -0.3 is 24.8 Å². The molecule has 2 fully saturated rings. The lowest BCUT2D eigenvalue weighted by Gasteiger charge is -2.44. The average molecular weight is 608 g/mol. The van der Waals surface area contributed by atoms with E-state index in [1.807, 2.05) is 23.1 Å². The zero-order chi connectivity index (χ0) is 30.3. The first-order chi connectivity index (χ1) is 20.7. The van der Waals surface area contributed by atoms with Crippen LogP contribution in [-0.4, -0.2) is 83.5 Å². The second kappa shape index (κ2) is 11.7. The van der Waals surface area contributed by atoms with Gasteiger partial charge in [-0.25, -0.2) is 4.39 Å². The fraction of sp³-hybridized carbons (Fsp3) is 0.516. The highest BCUT2D eigenvalue weighted by Crippen LogP contribution is 2.48. The lowest BCUT2D eigenvalue weighted by molar-refractivity contribution is -0.131. The van der Waals surface area contributed by atoms with Gasteiger partial charge in [-0.1, -0.05) is 30.3 Å². The van der Waals surface area contributed by atoms with Crippen LogP contribution in [-0.2, 0) is 27.8 Å². The van der Waals surface area contributed by atoms with Crippen LogP contribution in [0.1, 0.15) is 48.9 Å². The van der Waals surface area contributed by atoms with Crippen molar-refractivity contribution in [1.29, 1.82) is 5.26 Å². The Hall–Kier alpha value is -3.75. The maximum Gasteiger partial charge on any atom is 0.318 e. The Kier molecular flexibility index (Phi) is 8.00. The molecule has 2 amide bonds. The number of carbonyl (C=O) groups excluding carboxylic acids is 2. The molecule has 43 heavy (non-hydrogen) atoms. The summed E-state index contributed by atoms with van der Waals surface area (Å²) < 4.78 is 20.0. The number of aromatic nitrogens is 2. The molecule has 6 rings (SSSR count). The van der Waals surface area contributed by atoms with E-state index >= 15 is 0 Å². The van der Waals surface area contributed by atoms with E-state index < -0.39 is 23.2 Å². The van der Waals surface area contributed by atoms with Gasteiger partial charge in [0.1, 0.15) is 12.3 Å². The van der Waals surface area contributed by atoms with E-state index in [2.05, 4.69) is 29.9 Å². The monoisotopic (exact) mass is 607 g/mol. The number of piperazine rings is 1. The fourth-order valence-corrected chi connectivity index (χ4v) is 7.38. The zero-order valence-corrected chi connectivity index (χ0v) is 25.0. The van der Waals surface area contributed by atoms with E-state index in [1.54, 1.807) is 0 Å². The minimum atomic E-state index is -1.06. The van der Waals surface area contributed by atoms with E-state index in [9.17, 15) is 19.2 Å². The van der Waals surface area contributed by atoms with Crippen LogP contribution < -0.4 is 15.0 Å². The van der Waals surface area contributed by atoms with Crippen molar-refractivity contribution in [1.82, 2.24) is 19.8 Å². The van der Waals surface area contributed by atoms with Gasteiger partial charge in [0.25, 0.3) is 5.91 Å². The number of nitrogens with zero attached hydrogens (tertiary/aromatic N) is 6. The van der Waals surface area contributed by atoms with Crippen molar-refractivity contribution in [2.45, 2.75) is 62.4 Å². The Morgan fingerprint density at radius 2 is 2.12 bits per heavy atom. The Morgan fingerprint density at radius 1 is 1.28 bits per heavy atom. The SMILES string of the molecule is C=C(F)C(=O)N1CCN(c2nc(OC[C@@H]3CCCN3C)nc3c2NC(=O)C2(CCCc4c(Cl)cccc42)C3)C[C@@H]1CC#N. The third-order valence-corrected chi connectivity index (χ3v) is 9.78. The Balaban J connectivity index is 1.38. The summed E-state index contributed by atoms with van der Waals surface area (Å²) in [6.07, 6.45) is 4.78. The molecule has 3 aliphatic heterocycles. The molecule has 1 unspecified atom stereocenters. The molecule has 4 aliphatic rings. The van der Waals surface area contributed by atoms with Crippen molar-refractivity contribution >= 4 is 34.9 Å². The van der Waals surface area contributed by atoms with Gasteiger partial charge in [-0.3, -0.25) is 9.59 Å². The van der Waals surface area contributed by atoms with E-state index in [0.29, 0.717) is 48.2 Å². The Bertz CT molecular complexity index is 1510. The summed E-state index contributed by atoms with van der Waals surface area (Å²) in [4.78, 5) is 41.7. The molecule has 1 spiro atoms. The van der Waals surface area contributed by atoms with E-state index in [-0.39, 0.29) is 37.5 Å². The average Bonchev–Trinajstić information content (AvgIpc) is 3.41. The Morgan fingerprint density at radius 3 is 2.86 bits per heavy atom. The van der Waals surface area contributed by atoms with Crippen LogP contribution in [0.3, 0.4) is 0 Å². The number of nitriles is 1. The lowest BCUT2D eigenvalue weighted by atomic mass is 9.65. The number of anilines is 2. The second-order valence-corrected chi connectivity index (χ2v) is 12.3. The number of fused-ring (bicyclic) bond motifs is 3. The van der Waals surface area contributed by atoms with Crippen molar-refractivity contribution in [2.24, 2.45) is 0 Å². The molecular weight excluding hydrogens is 573 g/mol. The molecule has 3 atom stereocenters. The number of rotatable bonds is 6. The molecule has 1 N–H and O–H groups in total. The van der Waals surface area contributed by atoms with Gasteiger partial charge in [-0.2, -0.15) is 15.2 Å². The Labute approximate surface area is 255 Å². The summed E-state index contributed by atoms with van der Waals surface area (Å²) in [6, 6.07) is 7.73. The fourth-order valence-electron chi connectivity index (χ4n) is 7.11. The number of halogens is 2. The van der Waals surface area contributed by atoms with E-state index in [0.717, 1.165) is 43.4 Å². The van der Waals surface area contributed by atoms with Crippen molar-refractivity contribution in [3.63, 3.8) is 0 Å². The molecule has 226 valence electrons. The molecule has 2 aromatic rings. The molecular formula is C31H35ClFN7O3. The van der Waals surface area contributed by atoms with Crippen LogP contribution in [0, 0.1) is 11.3 Å². The van der Waals surface area contributed by atoms with Crippen molar-refractivity contribution in [3.8, 4) is 12.1 Å². The van der Waals surface area contributed by atoms with Gasteiger partial charge in [-0.15, -0.1) is 0 Å². The standard InChI is InChI=1S/C31H35ClFN7O3/c1-19(33)28(41)40-15-14-39(17-20(40)10-12-34)27-26-25(35-30(37-27)43-18-21-6-5-13-38(21)2)16-31(29(42)36-26)11-4-7-22-23(31)8-3-9-24(22)32/h3,8-9,20-21H,1,4-7,10-11,13-18H2,2H3,(H,36,42)/t20-,21-,31?/m0/s1. The first-order valence-electron chi connectivity index (χ1n) is 14.8. The van der Waals surface area contributed by atoms with Gasteiger partial charge in [0, 0.05) is 37.1 Å². The predicted octanol–water partition coefficient (Wildman–Crippen LogP) is 3.79. The number of amides is 2. The molecule has 4 heterocycles. The maximum absolute atomic E-state index is 14.0. The number of benzene rings is 1. The summed E-state index contributed by atoms with van der Waals surface area (Å²) in [5.41, 5.74) is 2.27. The van der Waals surface area contributed by atoms with Gasteiger partial charge in [0.05, 0.1) is 29.6 Å². The van der Waals surface area contributed by atoms with Gasteiger partial charge in [-0.05, 0) is 62.9 Å².